The van der Waals surface area contributed by atoms with E-state index in [0.29, 0.717) is 5.13 Å². The molecule has 0 spiro atoms. The first-order valence-corrected chi connectivity index (χ1v) is 9.90. The van der Waals surface area contributed by atoms with Crippen molar-refractivity contribution in [2.24, 2.45) is 4.99 Å². The number of hydrogen-bond donors (Lipinski definition) is 2. The maximum atomic E-state index is 11.2. The second-order valence-corrected chi connectivity index (χ2v) is 8.22. The number of pyridine rings is 1. The van der Waals surface area contributed by atoms with Crippen LogP contribution < -0.4 is 10.6 Å². The molecule has 2 aromatic heterocycles. The highest BCUT2D eigenvalue weighted by atomic mass is 32.2. The first-order valence-electron chi connectivity index (χ1n) is 8.10. The summed E-state index contributed by atoms with van der Waals surface area (Å²) in [5.41, 5.74) is 1.61. The molecule has 26 heavy (non-hydrogen) atoms. The largest absolute Gasteiger partial charge is 0.335 e. The summed E-state index contributed by atoms with van der Waals surface area (Å²) in [5, 5.41) is 8.70. The Morgan fingerprint density at radius 1 is 1.27 bits per heavy atom. The number of benzene rings is 1. The standard InChI is InChI=1S/C18H17N5OS2/c1-11(24)21-16-20-9-15(26-16)18(2)10-25-17(23-18)22-13-5-6-14-12(8-13)4-3-7-19-14/h3-9H,10H2,1-2H3,(H,22,23)(H,20,21,24). The third-order valence-electron chi connectivity index (χ3n) is 4.01. The van der Waals surface area contributed by atoms with Crippen LogP contribution in [-0.4, -0.2) is 26.8 Å². The van der Waals surface area contributed by atoms with Gasteiger partial charge in [0.1, 0.15) is 5.54 Å². The van der Waals surface area contributed by atoms with Crippen molar-refractivity contribution in [1.29, 1.82) is 0 Å². The predicted octanol–water partition coefficient (Wildman–Crippen LogP) is 4.08. The molecular weight excluding hydrogens is 366 g/mol. The third-order valence-corrected chi connectivity index (χ3v) is 6.35. The SMILES string of the molecule is CC(=O)Nc1ncc(C2(C)CSC(Nc3ccc4ncccc4c3)=N2)s1. The average Bonchev–Trinajstić information content (AvgIpc) is 3.22. The maximum Gasteiger partial charge on any atom is 0.223 e. The van der Waals surface area contributed by atoms with Crippen molar-refractivity contribution in [1.82, 2.24) is 9.97 Å². The Hall–Kier alpha value is -2.45. The smallest absolute Gasteiger partial charge is 0.223 e. The Bertz CT molecular complexity index is 1020. The highest BCUT2D eigenvalue weighted by molar-refractivity contribution is 8.14. The number of anilines is 2. The van der Waals surface area contributed by atoms with Gasteiger partial charge in [0, 0.05) is 36.1 Å². The van der Waals surface area contributed by atoms with Gasteiger partial charge in [0.15, 0.2) is 10.3 Å². The lowest BCUT2D eigenvalue weighted by atomic mass is 10.1. The van der Waals surface area contributed by atoms with E-state index >= 15 is 0 Å². The topological polar surface area (TPSA) is 79.3 Å². The van der Waals surface area contributed by atoms with E-state index in [1.165, 1.54) is 18.3 Å². The van der Waals surface area contributed by atoms with Gasteiger partial charge in [-0.15, -0.1) is 0 Å². The molecule has 0 saturated heterocycles. The average molecular weight is 384 g/mol. The van der Waals surface area contributed by atoms with Crippen molar-refractivity contribution in [2.45, 2.75) is 19.4 Å². The third kappa shape index (κ3) is 3.42. The Balaban J connectivity index is 1.54. The zero-order valence-corrected chi connectivity index (χ0v) is 15.9. The van der Waals surface area contributed by atoms with Gasteiger partial charge >= 0.3 is 0 Å². The molecule has 1 aliphatic heterocycles. The number of hydrogen-bond acceptors (Lipinski definition) is 7. The molecular formula is C18H17N5OS2. The van der Waals surface area contributed by atoms with Crippen molar-refractivity contribution in [2.75, 3.05) is 16.4 Å². The second-order valence-electron chi connectivity index (χ2n) is 6.23. The van der Waals surface area contributed by atoms with E-state index in [2.05, 4.69) is 33.6 Å². The molecule has 3 aromatic rings. The molecule has 1 unspecified atom stereocenters. The molecule has 0 aliphatic carbocycles. The molecule has 1 atom stereocenters. The van der Waals surface area contributed by atoms with Crippen molar-refractivity contribution in [3.05, 3.63) is 47.6 Å². The Labute approximate surface area is 159 Å². The number of aliphatic imine (C=N–C) groups is 1. The number of amidine groups is 1. The van der Waals surface area contributed by atoms with Gasteiger partial charge in [0.2, 0.25) is 5.91 Å². The van der Waals surface area contributed by atoms with Crippen LogP contribution in [0.1, 0.15) is 18.7 Å². The fraction of sp³-hybridized carbons (Fsp3) is 0.222. The monoisotopic (exact) mass is 383 g/mol. The van der Waals surface area contributed by atoms with E-state index in [4.69, 9.17) is 4.99 Å². The Morgan fingerprint density at radius 3 is 3.00 bits per heavy atom. The second kappa shape index (κ2) is 6.69. The van der Waals surface area contributed by atoms with E-state index in [0.717, 1.165) is 32.4 Å². The molecule has 0 bridgehead atoms. The number of carbonyl (C=O) groups is 1. The van der Waals surface area contributed by atoms with E-state index in [-0.39, 0.29) is 11.4 Å². The number of thiazole rings is 1. The Morgan fingerprint density at radius 2 is 2.15 bits per heavy atom. The molecule has 132 valence electrons. The normalized spacial score (nSPS) is 19.4. The molecule has 0 radical (unpaired) electrons. The molecule has 8 heteroatoms. The molecule has 1 aliphatic rings. The number of nitrogens with one attached hydrogen (secondary N) is 2. The minimum Gasteiger partial charge on any atom is -0.335 e. The van der Waals surface area contributed by atoms with Crippen LogP contribution in [0.25, 0.3) is 10.9 Å². The number of amides is 1. The first kappa shape index (κ1) is 17.0. The quantitative estimate of drug-likeness (QED) is 0.712. The summed E-state index contributed by atoms with van der Waals surface area (Å²) in [6.07, 6.45) is 3.59. The summed E-state index contributed by atoms with van der Waals surface area (Å²) in [4.78, 5) is 25.7. The van der Waals surface area contributed by atoms with Crippen molar-refractivity contribution < 1.29 is 4.79 Å². The van der Waals surface area contributed by atoms with Gasteiger partial charge in [0.05, 0.1) is 10.4 Å². The summed E-state index contributed by atoms with van der Waals surface area (Å²) in [7, 11) is 0. The molecule has 1 aromatic carbocycles. The van der Waals surface area contributed by atoms with Crippen LogP contribution >= 0.6 is 23.1 Å². The fourth-order valence-corrected chi connectivity index (χ4v) is 4.83. The zero-order chi connectivity index (χ0) is 18.1. The van der Waals surface area contributed by atoms with E-state index in [1.54, 1.807) is 24.2 Å². The number of thioether (sulfide) groups is 1. The van der Waals surface area contributed by atoms with E-state index < -0.39 is 0 Å². The molecule has 3 heterocycles. The number of fused-ring (bicyclic) bond motifs is 1. The summed E-state index contributed by atoms with van der Waals surface area (Å²) in [6.45, 7) is 3.57. The van der Waals surface area contributed by atoms with Gasteiger partial charge in [-0.3, -0.25) is 9.78 Å². The number of carbonyl (C=O) groups excluding carboxylic acids is 1. The summed E-state index contributed by atoms with van der Waals surface area (Å²) < 4.78 is 0. The van der Waals surface area contributed by atoms with Crippen molar-refractivity contribution in [3.8, 4) is 0 Å². The molecule has 2 N–H and O–H groups in total. The fourth-order valence-electron chi connectivity index (χ4n) is 2.70. The lowest BCUT2D eigenvalue weighted by Gasteiger charge is -2.16. The molecule has 4 rings (SSSR count). The van der Waals surface area contributed by atoms with Crippen LogP contribution in [0.15, 0.2) is 47.7 Å². The summed E-state index contributed by atoms with van der Waals surface area (Å²) in [6, 6.07) is 10.1. The van der Waals surface area contributed by atoms with Crippen LogP contribution in [-0.2, 0) is 10.3 Å². The summed E-state index contributed by atoms with van der Waals surface area (Å²) >= 11 is 3.15. The highest BCUT2D eigenvalue weighted by Crippen LogP contribution is 2.40. The molecule has 1 amide bonds. The minimum absolute atomic E-state index is 0.117. The van der Waals surface area contributed by atoms with Crippen molar-refractivity contribution >= 4 is 55.9 Å². The molecule has 0 saturated carbocycles. The summed E-state index contributed by atoms with van der Waals surface area (Å²) in [5.74, 6) is 0.708. The van der Waals surface area contributed by atoms with Crippen LogP contribution in [0.3, 0.4) is 0 Å². The number of rotatable bonds is 3. The van der Waals surface area contributed by atoms with Crippen LogP contribution in [0.4, 0.5) is 10.8 Å². The molecule has 6 nitrogen and oxygen atoms in total. The first-order chi connectivity index (χ1) is 12.5. The minimum atomic E-state index is -0.347. The Kier molecular flexibility index (Phi) is 4.37. The lowest BCUT2D eigenvalue weighted by molar-refractivity contribution is -0.114. The predicted molar refractivity (Wildman–Crippen MR) is 109 cm³/mol. The highest BCUT2D eigenvalue weighted by Gasteiger charge is 2.34. The number of aromatic nitrogens is 2. The lowest BCUT2D eigenvalue weighted by Crippen LogP contribution is -2.17. The maximum absolute atomic E-state index is 11.2. The number of nitrogens with zero attached hydrogens (tertiary/aromatic N) is 3. The van der Waals surface area contributed by atoms with Crippen LogP contribution in [0.5, 0.6) is 0 Å². The van der Waals surface area contributed by atoms with Crippen molar-refractivity contribution in [3.63, 3.8) is 0 Å². The van der Waals surface area contributed by atoms with Gasteiger partial charge in [-0.05, 0) is 31.2 Å². The van der Waals surface area contributed by atoms with Crippen LogP contribution in [0.2, 0.25) is 0 Å². The molecule has 0 fully saturated rings. The van der Waals surface area contributed by atoms with Gasteiger partial charge in [-0.2, -0.15) is 0 Å². The zero-order valence-electron chi connectivity index (χ0n) is 14.3. The van der Waals surface area contributed by atoms with Gasteiger partial charge in [0.25, 0.3) is 0 Å². The van der Waals surface area contributed by atoms with Gasteiger partial charge in [-0.25, -0.2) is 9.98 Å². The van der Waals surface area contributed by atoms with Gasteiger partial charge < -0.3 is 10.6 Å². The van der Waals surface area contributed by atoms with E-state index in [1.807, 2.05) is 24.3 Å². The van der Waals surface area contributed by atoms with Crippen LogP contribution in [0, 0.1) is 0 Å². The van der Waals surface area contributed by atoms with Gasteiger partial charge in [-0.1, -0.05) is 29.2 Å². The van der Waals surface area contributed by atoms with E-state index in [9.17, 15) is 4.79 Å².